The first-order chi connectivity index (χ1) is 16.2. The quantitative estimate of drug-likeness (QED) is 0.252. The van der Waals surface area contributed by atoms with Crippen molar-refractivity contribution in [3.05, 3.63) is 84.3 Å². The molecule has 2 aromatic carbocycles. The smallest absolute Gasteiger partial charge is 0.341 e. The molecular formula is C23H21N3O7S. The molecule has 0 aliphatic heterocycles. The minimum atomic E-state index is -0.827. The Morgan fingerprint density at radius 3 is 2.12 bits per heavy atom. The molecule has 0 saturated heterocycles. The van der Waals surface area contributed by atoms with E-state index in [4.69, 9.17) is 4.74 Å². The number of nitro groups is 2. The lowest BCUT2D eigenvalue weighted by atomic mass is 10.0. The van der Waals surface area contributed by atoms with Crippen LogP contribution in [0.2, 0.25) is 0 Å². The molecule has 0 saturated carbocycles. The Hall–Kier alpha value is -4.12. The summed E-state index contributed by atoms with van der Waals surface area (Å²) in [6.07, 6.45) is 0.852. The second-order valence-electron chi connectivity index (χ2n) is 7.23. The van der Waals surface area contributed by atoms with Gasteiger partial charge in [0.05, 0.1) is 22.0 Å². The predicted octanol–water partition coefficient (Wildman–Crippen LogP) is 5.53. The highest BCUT2D eigenvalue weighted by Gasteiger charge is 2.27. The third-order valence-electron chi connectivity index (χ3n) is 5.18. The molecule has 0 atom stereocenters. The lowest BCUT2D eigenvalue weighted by Crippen LogP contribution is -2.15. The van der Waals surface area contributed by atoms with Gasteiger partial charge in [0.15, 0.2) is 0 Å². The fourth-order valence-electron chi connectivity index (χ4n) is 3.36. The van der Waals surface area contributed by atoms with Crippen LogP contribution in [-0.2, 0) is 11.2 Å². The lowest BCUT2D eigenvalue weighted by Gasteiger charge is -2.10. The van der Waals surface area contributed by atoms with E-state index < -0.39 is 33.1 Å². The topological polar surface area (TPSA) is 142 Å². The Kier molecular flexibility index (Phi) is 7.37. The molecule has 1 N–H and O–H groups in total. The summed E-state index contributed by atoms with van der Waals surface area (Å²) in [5.74, 6) is -1.47. The van der Waals surface area contributed by atoms with Crippen molar-refractivity contribution in [3.63, 3.8) is 0 Å². The van der Waals surface area contributed by atoms with E-state index in [-0.39, 0.29) is 28.3 Å². The molecule has 0 unspecified atom stereocenters. The molecule has 1 amide bonds. The van der Waals surface area contributed by atoms with Gasteiger partial charge in [-0.25, -0.2) is 4.79 Å². The number of nitrogens with one attached hydrogen (secondary N) is 1. The van der Waals surface area contributed by atoms with E-state index in [0.29, 0.717) is 5.56 Å². The average molecular weight is 484 g/mol. The maximum Gasteiger partial charge on any atom is 0.341 e. The van der Waals surface area contributed by atoms with Gasteiger partial charge in [0.2, 0.25) is 0 Å². The first-order valence-electron chi connectivity index (χ1n) is 10.3. The van der Waals surface area contributed by atoms with Gasteiger partial charge in [0.25, 0.3) is 17.3 Å². The Bertz CT molecular complexity index is 1250. The zero-order chi connectivity index (χ0) is 25.0. The standard InChI is InChI=1S/C23H21N3O7S/c1-4-14-6-8-15(9-7-14)17-12-34-22(20(17)23(28)33-5-2)24-21(27)16-10-18(25(29)30)13(3)19(11-16)26(31)32/h6-12H,4-5H2,1-3H3,(H,24,27). The normalized spacial score (nSPS) is 10.6. The van der Waals surface area contributed by atoms with Crippen LogP contribution in [0.3, 0.4) is 0 Å². The maximum absolute atomic E-state index is 12.9. The second kappa shape index (κ2) is 10.2. The highest BCUT2D eigenvalue weighted by molar-refractivity contribution is 7.15. The van der Waals surface area contributed by atoms with Gasteiger partial charge in [-0.1, -0.05) is 31.2 Å². The summed E-state index contributed by atoms with van der Waals surface area (Å²) in [5.41, 5.74) is 1.03. The molecule has 0 bridgehead atoms. The number of nitro benzene ring substituents is 2. The number of anilines is 1. The fourth-order valence-corrected chi connectivity index (χ4v) is 4.31. The number of carbonyl (C=O) groups is 2. The van der Waals surface area contributed by atoms with E-state index in [1.54, 1.807) is 12.3 Å². The summed E-state index contributed by atoms with van der Waals surface area (Å²) < 4.78 is 5.18. The molecular weight excluding hydrogens is 462 g/mol. The molecule has 1 heterocycles. The van der Waals surface area contributed by atoms with Gasteiger partial charge < -0.3 is 10.1 Å². The van der Waals surface area contributed by atoms with Crippen molar-refractivity contribution in [1.82, 2.24) is 0 Å². The molecule has 0 radical (unpaired) electrons. The third kappa shape index (κ3) is 4.94. The van der Waals surface area contributed by atoms with Crippen molar-refractivity contribution in [2.45, 2.75) is 27.2 Å². The number of benzene rings is 2. The maximum atomic E-state index is 12.9. The van der Waals surface area contributed by atoms with Crippen molar-refractivity contribution < 1.29 is 24.2 Å². The van der Waals surface area contributed by atoms with Crippen molar-refractivity contribution in [3.8, 4) is 11.1 Å². The summed E-state index contributed by atoms with van der Waals surface area (Å²) in [5, 5.41) is 27.1. The second-order valence-corrected chi connectivity index (χ2v) is 8.11. The molecule has 1 aromatic heterocycles. The molecule has 3 rings (SSSR count). The van der Waals surface area contributed by atoms with Crippen LogP contribution in [0.5, 0.6) is 0 Å². The molecule has 0 aliphatic rings. The molecule has 0 spiro atoms. The molecule has 176 valence electrons. The van der Waals surface area contributed by atoms with Gasteiger partial charge in [0, 0.05) is 23.1 Å². The third-order valence-corrected chi connectivity index (χ3v) is 6.07. The number of carbonyl (C=O) groups excluding carboxylic acids is 2. The number of esters is 1. The zero-order valence-corrected chi connectivity index (χ0v) is 19.4. The SMILES string of the molecule is CCOC(=O)c1c(-c2ccc(CC)cc2)csc1NC(=O)c1cc([N+](=O)[O-])c(C)c([N+](=O)[O-])c1. The zero-order valence-electron chi connectivity index (χ0n) is 18.6. The highest BCUT2D eigenvalue weighted by atomic mass is 32.1. The van der Waals surface area contributed by atoms with Crippen molar-refractivity contribution in [2.75, 3.05) is 11.9 Å². The monoisotopic (exact) mass is 483 g/mol. The Morgan fingerprint density at radius 1 is 1.03 bits per heavy atom. The van der Waals surface area contributed by atoms with Crippen LogP contribution in [0.15, 0.2) is 41.8 Å². The lowest BCUT2D eigenvalue weighted by molar-refractivity contribution is -0.395. The van der Waals surface area contributed by atoms with E-state index in [0.717, 1.165) is 41.0 Å². The summed E-state index contributed by atoms with van der Waals surface area (Å²) in [7, 11) is 0. The number of rotatable bonds is 8. The van der Waals surface area contributed by atoms with Crippen LogP contribution in [0.25, 0.3) is 11.1 Å². The van der Waals surface area contributed by atoms with Crippen LogP contribution < -0.4 is 5.32 Å². The van der Waals surface area contributed by atoms with Gasteiger partial charge in [-0.3, -0.25) is 25.0 Å². The van der Waals surface area contributed by atoms with Gasteiger partial charge in [-0.2, -0.15) is 0 Å². The number of hydrogen-bond acceptors (Lipinski definition) is 8. The summed E-state index contributed by atoms with van der Waals surface area (Å²) >= 11 is 1.08. The first kappa shape index (κ1) is 24.5. The molecule has 0 fully saturated rings. The molecule has 11 heteroatoms. The fraction of sp³-hybridized carbons (Fsp3) is 0.217. The summed E-state index contributed by atoms with van der Waals surface area (Å²) in [4.78, 5) is 46.8. The van der Waals surface area contributed by atoms with E-state index in [1.165, 1.54) is 6.92 Å². The number of ether oxygens (including phenoxy) is 1. The minimum Gasteiger partial charge on any atom is -0.462 e. The molecule has 3 aromatic rings. The number of hydrogen-bond donors (Lipinski definition) is 1. The highest BCUT2D eigenvalue weighted by Crippen LogP contribution is 2.37. The first-order valence-corrected chi connectivity index (χ1v) is 11.2. The van der Waals surface area contributed by atoms with Crippen LogP contribution in [0.1, 0.15) is 45.7 Å². The van der Waals surface area contributed by atoms with E-state index in [9.17, 15) is 29.8 Å². The summed E-state index contributed by atoms with van der Waals surface area (Å²) in [6.45, 7) is 5.04. The molecule has 34 heavy (non-hydrogen) atoms. The molecule has 0 aliphatic carbocycles. The van der Waals surface area contributed by atoms with Gasteiger partial charge >= 0.3 is 5.97 Å². The predicted molar refractivity (Wildman–Crippen MR) is 128 cm³/mol. The average Bonchev–Trinajstić information content (AvgIpc) is 3.22. The van der Waals surface area contributed by atoms with E-state index in [1.807, 2.05) is 31.2 Å². The Labute approximate surface area is 198 Å². The van der Waals surface area contributed by atoms with Crippen LogP contribution >= 0.6 is 11.3 Å². The van der Waals surface area contributed by atoms with Crippen LogP contribution in [0, 0.1) is 27.2 Å². The van der Waals surface area contributed by atoms with Crippen LogP contribution in [0.4, 0.5) is 16.4 Å². The number of aryl methyl sites for hydroxylation is 1. The van der Waals surface area contributed by atoms with E-state index in [2.05, 4.69) is 5.32 Å². The Balaban J connectivity index is 2.04. The van der Waals surface area contributed by atoms with Gasteiger partial charge in [-0.15, -0.1) is 11.3 Å². The van der Waals surface area contributed by atoms with Crippen molar-refractivity contribution in [1.29, 1.82) is 0 Å². The van der Waals surface area contributed by atoms with E-state index >= 15 is 0 Å². The van der Waals surface area contributed by atoms with Crippen molar-refractivity contribution in [2.24, 2.45) is 0 Å². The molecule has 10 nitrogen and oxygen atoms in total. The number of thiophene rings is 1. The largest absolute Gasteiger partial charge is 0.462 e. The number of nitrogens with zero attached hydrogens (tertiary/aromatic N) is 2. The minimum absolute atomic E-state index is 0.118. The van der Waals surface area contributed by atoms with Gasteiger partial charge in [-0.05, 0) is 31.4 Å². The van der Waals surface area contributed by atoms with Gasteiger partial charge in [0.1, 0.15) is 16.1 Å². The number of amides is 1. The van der Waals surface area contributed by atoms with Crippen LogP contribution in [-0.4, -0.2) is 28.3 Å². The Morgan fingerprint density at radius 2 is 1.62 bits per heavy atom. The van der Waals surface area contributed by atoms with Crippen molar-refractivity contribution >= 4 is 39.6 Å². The summed E-state index contributed by atoms with van der Waals surface area (Å²) in [6, 6.07) is 9.54.